The van der Waals surface area contributed by atoms with Crippen LogP contribution in [0.3, 0.4) is 0 Å². The minimum absolute atomic E-state index is 0.311. The smallest absolute Gasteiger partial charge is 0.340 e. The zero-order chi connectivity index (χ0) is 23.2. The molecule has 2 aliphatic heterocycles. The lowest BCUT2D eigenvalue weighted by Gasteiger charge is -2.37. The molecule has 1 unspecified atom stereocenters. The summed E-state index contributed by atoms with van der Waals surface area (Å²) < 4.78 is 12.7. The number of esters is 1. The second kappa shape index (κ2) is 7.94. The molecule has 0 fully saturated rings. The van der Waals surface area contributed by atoms with Gasteiger partial charge in [-0.15, -0.1) is 0 Å². The number of carbonyl (C=O) groups is 1. The standard InChI is InChI=1S/C26H19NO3.C2H7N/c1-27(2)17-12-13-21-23(15-17)29-22-14-11-16-7-3-4-8-18(16)24(22)26(21)20-10-6-5-9-19(20)25(28)30-26;1-3-2/h3-15H,1-2H3;3H,1-2H3. The maximum Gasteiger partial charge on any atom is 0.340 e. The van der Waals surface area contributed by atoms with Gasteiger partial charge in [0.1, 0.15) is 11.5 Å². The van der Waals surface area contributed by atoms with Crippen molar-refractivity contribution in [1.82, 2.24) is 5.32 Å². The number of nitrogens with one attached hydrogen (secondary N) is 1. The molecule has 0 radical (unpaired) electrons. The van der Waals surface area contributed by atoms with Gasteiger partial charge in [0.05, 0.1) is 11.1 Å². The Morgan fingerprint density at radius 1 is 0.818 bits per heavy atom. The molecule has 1 N–H and O–H groups in total. The third kappa shape index (κ3) is 3.08. The van der Waals surface area contributed by atoms with Gasteiger partial charge in [-0.2, -0.15) is 0 Å². The van der Waals surface area contributed by atoms with Crippen LogP contribution in [0.2, 0.25) is 0 Å². The molecule has 0 amide bonds. The first-order valence-electron chi connectivity index (χ1n) is 10.9. The Balaban J connectivity index is 0.000000724. The van der Waals surface area contributed by atoms with E-state index >= 15 is 0 Å². The van der Waals surface area contributed by atoms with Crippen LogP contribution < -0.4 is 15.0 Å². The van der Waals surface area contributed by atoms with Gasteiger partial charge in [0.15, 0.2) is 5.60 Å². The van der Waals surface area contributed by atoms with Crippen molar-refractivity contribution in [2.24, 2.45) is 0 Å². The van der Waals surface area contributed by atoms with Crippen LogP contribution in [0, 0.1) is 0 Å². The number of ether oxygens (including phenoxy) is 2. The quantitative estimate of drug-likeness (QED) is 0.408. The number of anilines is 1. The summed E-state index contributed by atoms with van der Waals surface area (Å²) in [6, 6.07) is 25.9. The predicted molar refractivity (Wildman–Crippen MR) is 132 cm³/mol. The minimum atomic E-state index is -1.04. The number of hydrogen-bond acceptors (Lipinski definition) is 5. The first-order chi connectivity index (χ1) is 16.0. The van der Waals surface area contributed by atoms with Gasteiger partial charge in [0, 0.05) is 37.0 Å². The normalized spacial score (nSPS) is 17.3. The van der Waals surface area contributed by atoms with Crippen molar-refractivity contribution >= 4 is 22.4 Å². The highest BCUT2D eigenvalue weighted by Crippen LogP contribution is 2.58. The second-order valence-electron chi connectivity index (χ2n) is 8.45. The highest BCUT2D eigenvalue weighted by molar-refractivity contribution is 6.00. The van der Waals surface area contributed by atoms with E-state index < -0.39 is 5.60 Å². The number of rotatable bonds is 1. The molecule has 5 heteroatoms. The van der Waals surface area contributed by atoms with E-state index in [1.807, 2.05) is 99.8 Å². The molecule has 2 heterocycles. The van der Waals surface area contributed by atoms with Crippen molar-refractivity contribution in [2.75, 3.05) is 33.1 Å². The van der Waals surface area contributed by atoms with Gasteiger partial charge in [-0.25, -0.2) is 4.79 Å². The number of fused-ring (bicyclic) bond motifs is 8. The fourth-order valence-electron chi connectivity index (χ4n) is 4.72. The fourth-order valence-corrected chi connectivity index (χ4v) is 4.72. The van der Waals surface area contributed by atoms with Gasteiger partial charge >= 0.3 is 5.97 Å². The van der Waals surface area contributed by atoms with Crippen LogP contribution in [0.4, 0.5) is 5.69 Å². The van der Waals surface area contributed by atoms with Crippen LogP contribution in [0.1, 0.15) is 27.0 Å². The molecule has 0 aliphatic carbocycles. The van der Waals surface area contributed by atoms with Crippen molar-refractivity contribution in [2.45, 2.75) is 5.60 Å². The summed E-state index contributed by atoms with van der Waals surface area (Å²) in [4.78, 5) is 15.0. The Bertz CT molecular complexity index is 1380. The van der Waals surface area contributed by atoms with Crippen LogP contribution in [0.5, 0.6) is 11.5 Å². The monoisotopic (exact) mass is 438 g/mol. The van der Waals surface area contributed by atoms with Crippen LogP contribution >= 0.6 is 0 Å². The Morgan fingerprint density at radius 2 is 1.55 bits per heavy atom. The van der Waals surface area contributed by atoms with E-state index in [-0.39, 0.29) is 5.97 Å². The van der Waals surface area contributed by atoms with Crippen molar-refractivity contribution in [3.8, 4) is 11.5 Å². The van der Waals surface area contributed by atoms with Gasteiger partial charge in [-0.05, 0) is 49.1 Å². The molecule has 0 bridgehead atoms. The number of carbonyl (C=O) groups excluding carboxylic acids is 1. The van der Waals surface area contributed by atoms with Gasteiger partial charge in [-0.3, -0.25) is 0 Å². The molecule has 0 aromatic heterocycles. The first-order valence-corrected chi connectivity index (χ1v) is 10.9. The average Bonchev–Trinajstić information content (AvgIpc) is 3.12. The summed E-state index contributed by atoms with van der Waals surface area (Å²) in [7, 11) is 7.74. The lowest BCUT2D eigenvalue weighted by Crippen LogP contribution is -2.33. The average molecular weight is 439 g/mol. The summed E-state index contributed by atoms with van der Waals surface area (Å²) in [5.74, 6) is 1.10. The molecule has 0 saturated carbocycles. The Morgan fingerprint density at radius 3 is 2.33 bits per heavy atom. The van der Waals surface area contributed by atoms with E-state index in [9.17, 15) is 4.79 Å². The Kier molecular flexibility index (Phi) is 5.06. The maximum atomic E-state index is 13.0. The third-order valence-electron chi connectivity index (χ3n) is 6.10. The summed E-state index contributed by atoms with van der Waals surface area (Å²) in [5.41, 5.74) is 3.16. The van der Waals surface area contributed by atoms with E-state index in [4.69, 9.17) is 9.47 Å². The number of hydrogen-bond donors (Lipinski definition) is 1. The molecule has 6 rings (SSSR count). The Labute approximate surface area is 193 Å². The van der Waals surface area contributed by atoms with Gasteiger partial charge in [0.2, 0.25) is 0 Å². The molecule has 5 nitrogen and oxygen atoms in total. The summed E-state index contributed by atoms with van der Waals surface area (Å²) in [6.07, 6.45) is 0. The Hall–Kier alpha value is -3.83. The SMILES string of the molecule is CN(C)c1ccc2c(c1)Oc1ccc3ccccc3c1C21OC(=O)c2ccccc21.CNC. The highest BCUT2D eigenvalue weighted by Gasteiger charge is 2.54. The third-order valence-corrected chi connectivity index (χ3v) is 6.10. The van der Waals surface area contributed by atoms with Crippen LogP contribution in [0.15, 0.2) is 78.9 Å². The molecule has 1 spiro atoms. The van der Waals surface area contributed by atoms with Gasteiger partial charge in [0.25, 0.3) is 0 Å². The van der Waals surface area contributed by atoms with Gasteiger partial charge in [-0.1, -0.05) is 48.5 Å². The van der Waals surface area contributed by atoms with E-state index in [0.29, 0.717) is 17.1 Å². The summed E-state index contributed by atoms with van der Waals surface area (Å²) >= 11 is 0. The molecule has 166 valence electrons. The second-order valence-corrected chi connectivity index (χ2v) is 8.45. The lowest BCUT2D eigenvalue weighted by molar-refractivity contribution is 0.0229. The summed E-state index contributed by atoms with van der Waals surface area (Å²) in [5, 5.41) is 4.84. The number of nitrogens with zero attached hydrogens (tertiary/aromatic N) is 1. The molecule has 2 aliphatic rings. The molecule has 0 saturated heterocycles. The van der Waals surface area contributed by atoms with Crippen molar-refractivity contribution < 1.29 is 14.3 Å². The first kappa shape index (κ1) is 21.0. The predicted octanol–water partition coefficient (Wildman–Crippen LogP) is 5.31. The van der Waals surface area contributed by atoms with Gasteiger partial charge < -0.3 is 19.7 Å². The van der Waals surface area contributed by atoms with Crippen LogP contribution in [0.25, 0.3) is 10.8 Å². The lowest BCUT2D eigenvalue weighted by atomic mass is 9.76. The van der Waals surface area contributed by atoms with Crippen LogP contribution in [-0.2, 0) is 10.3 Å². The minimum Gasteiger partial charge on any atom is -0.456 e. The van der Waals surface area contributed by atoms with E-state index in [1.165, 1.54) is 0 Å². The van der Waals surface area contributed by atoms with Crippen molar-refractivity contribution in [3.63, 3.8) is 0 Å². The fraction of sp³-hybridized carbons (Fsp3) is 0.179. The zero-order valence-corrected chi connectivity index (χ0v) is 19.2. The largest absolute Gasteiger partial charge is 0.456 e. The maximum absolute atomic E-state index is 13.0. The molecule has 4 aromatic carbocycles. The summed E-state index contributed by atoms with van der Waals surface area (Å²) in [6.45, 7) is 0. The zero-order valence-electron chi connectivity index (χ0n) is 19.2. The number of benzene rings is 4. The van der Waals surface area contributed by atoms with Crippen LogP contribution in [-0.4, -0.2) is 34.2 Å². The van der Waals surface area contributed by atoms with Crippen molar-refractivity contribution in [1.29, 1.82) is 0 Å². The molecule has 4 aromatic rings. The van der Waals surface area contributed by atoms with E-state index in [1.54, 1.807) is 0 Å². The molecule has 1 atom stereocenters. The van der Waals surface area contributed by atoms with E-state index in [0.717, 1.165) is 33.2 Å². The van der Waals surface area contributed by atoms with E-state index in [2.05, 4.69) is 17.4 Å². The van der Waals surface area contributed by atoms with Crippen molar-refractivity contribution in [3.05, 3.63) is 101 Å². The topological polar surface area (TPSA) is 50.8 Å². The molecule has 33 heavy (non-hydrogen) atoms. The highest BCUT2D eigenvalue weighted by atomic mass is 16.6. The molecular formula is C28H26N2O3. The molecular weight excluding hydrogens is 412 g/mol.